The quantitative estimate of drug-likeness (QED) is 0.403. The Balaban J connectivity index is 2.21. The lowest BCUT2D eigenvalue weighted by Crippen LogP contribution is -1.81. The molecular weight excluding hydrogens is 148 g/mol. The average Bonchev–Trinajstić information content (AvgIpc) is 2.41. The molecule has 0 saturated carbocycles. The second-order valence-corrected chi connectivity index (χ2v) is 2.78. The molecule has 0 unspecified atom stereocenters. The molecule has 1 aromatic rings. The molecule has 0 amide bonds. The SMILES string of the molecule is O=CCCSc1ncc[nH]1. The zero-order valence-corrected chi connectivity index (χ0v) is 6.23. The number of thioether (sulfide) groups is 1. The summed E-state index contributed by atoms with van der Waals surface area (Å²) in [7, 11) is 0. The first-order valence-electron chi connectivity index (χ1n) is 2.99. The molecule has 3 nitrogen and oxygen atoms in total. The molecular formula is C6H8N2OS. The van der Waals surface area contributed by atoms with Gasteiger partial charge in [-0.1, -0.05) is 11.8 Å². The van der Waals surface area contributed by atoms with E-state index in [4.69, 9.17) is 0 Å². The summed E-state index contributed by atoms with van der Waals surface area (Å²) in [6.45, 7) is 0. The van der Waals surface area contributed by atoms with Crippen molar-refractivity contribution >= 4 is 18.0 Å². The van der Waals surface area contributed by atoms with E-state index in [1.807, 2.05) is 0 Å². The van der Waals surface area contributed by atoms with Crippen molar-refractivity contribution in [3.8, 4) is 0 Å². The summed E-state index contributed by atoms with van der Waals surface area (Å²) in [6.07, 6.45) is 4.97. The Labute approximate surface area is 63.2 Å². The number of aromatic nitrogens is 2. The number of carbonyl (C=O) groups is 1. The first kappa shape index (κ1) is 7.34. The molecule has 1 rings (SSSR count). The number of imidazole rings is 1. The lowest BCUT2D eigenvalue weighted by atomic mass is 10.6. The first-order valence-corrected chi connectivity index (χ1v) is 3.98. The molecule has 1 aromatic heterocycles. The van der Waals surface area contributed by atoms with E-state index in [1.54, 1.807) is 24.2 Å². The van der Waals surface area contributed by atoms with Crippen molar-refractivity contribution in [1.29, 1.82) is 0 Å². The van der Waals surface area contributed by atoms with Crippen molar-refractivity contribution < 1.29 is 4.79 Å². The second-order valence-electron chi connectivity index (χ2n) is 1.70. The van der Waals surface area contributed by atoms with Gasteiger partial charge in [-0.25, -0.2) is 4.98 Å². The summed E-state index contributed by atoms with van der Waals surface area (Å²) in [6, 6.07) is 0. The van der Waals surface area contributed by atoms with Crippen LogP contribution in [0.2, 0.25) is 0 Å². The number of nitrogens with zero attached hydrogens (tertiary/aromatic N) is 1. The zero-order chi connectivity index (χ0) is 7.23. The smallest absolute Gasteiger partial charge is 0.165 e. The van der Waals surface area contributed by atoms with Gasteiger partial charge in [0.1, 0.15) is 6.29 Å². The van der Waals surface area contributed by atoms with Crippen LogP contribution in [0.25, 0.3) is 0 Å². The Kier molecular flexibility index (Phi) is 3.02. The fourth-order valence-corrected chi connectivity index (χ4v) is 1.23. The summed E-state index contributed by atoms with van der Waals surface area (Å²) in [5.74, 6) is 0.803. The van der Waals surface area contributed by atoms with Crippen LogP contribution in [0.3, 0.4) is 0 Å². The summed E-state index contributed by atoms with van der Waals surface area (Å²) < 4.78 is 0. The molecule has 10 heavy (non-hydrogen) atoms. The molecule has 0 aliphatic heterocycles. The summed E-state index contributed by atoms with van der Waals surface area (Å²) >= 11 is 1.55. The third kappa shape index (κ3) is 2.23. The largest absolute Gasteiger partial charge is 0.340 e. The second kappa shape index (κ2) is 4.11. The molecule has 0 atom stereocenters. The summed E-state index contributed by atoms with van der Waals surface area (Å²) in [4.78, 5) is 16.8. The van der Waals surface area contributed by atoms with Crippen molar-refractivity contribution in [1.82, 2.24) is 9.97 Å². The highest BCUT2D eigenvalue weighted by atomic mass is 32.2. The highest BCUT2D eigenvalue weighted by molar-refractivity contribution is 7.99. The van der Waals surface area contributed by atoms with Crippen LogP contribution in [0, 0.1) is 0 Å². The number of rotatable bonds is 4. The number of hydrogen-bond donors (Lipinski definition) is 1. The maximum Gasteiger partial charge on any atom is 0.165 e. The van der Waals surface area contributed by atoms with E-state index in [0.717, 1.165) is 17.2 Å². The number of aromatic amines is 1. The molecule has 0 aliphatic carbocycles. The minimum Gasteiger partial charge on any atom is -0.340 e. The normalized spacial score (nSPS) is 9.60. The van der Waals surface area contributed by atoms with Crippen molar-refractivity contribution in [3.63, 3.8) is 0 Å². The standard InChI is InChI=1S/C6H8N2OS/c9-4-1-5-10-6-7-2-3-8-6/h2-4H,1,5H2,(H,7,8). The number of aldehydes is 1. The molecule has 4 heteroatoms. The van der Waals surface area contributed by atoms with Gasteiger partial charge in [-0.3, -0.25) is 0 Å². The lowest BCUT2D eigenvalue weighted by Gasteiger charge is -1.89. The van der Waals surface area contributed by atoms with Gasteiger partial charge in [0.2, 0.25) is 0 Å². The minimum atomic E-state index is 0.589. The van der Waals surface area contributed by atoms with E-state index in [1.165, 1.54) is 0 Å². The van der Waals surface area contributed by atoms with Gasteiger partial charge in [-0.15, -0.1) is 0 Å². The van der Waals surface area contributed by atoms with Gasteiger partial charge >= 0.3 is 0 Å². The molecule has 1 N–H and O–H groups in total. The molecule has 0 saturated heterocycles. The van der Waals surface area contributed by atoms with Crippen molar-refractivity contribution in [2.75, 3.05) is 5.75 Å². The first-order chi connectivity index (χ1) is 4.93. The van der Waals surface area contributed by atoms with Crippen LogP contribution >= 0.6 is 11.8 Å². The van der Waals surface area contributed by atoms with Crippen LogP contribution in [-0.2, 0) is 4.79 Å². The molecule has 0 fully saturated rings. The third-order valence-corrected chi connectivity index (χ3v) is 1.88. The van der Waals surface area contributed by atoms with Gasteiger partial charge in [0, 0.05) is 24.6 Å². The Morgan fingerprint density at radius 2 is 2.70 bits per heavy atom. The highest BCUT2D eigenvalue weighted by Crippen LogP contribution is 2.11. The summed E-state index contributed by atoms with van der Waals surface area (Å²) in [5, 5.41) is 0.877. The monoisotopic (exact) mass is 156 g/mol. The maximum atomic E-state index is 9.89. The molecule has 0 aliphatic rings. The fraction of sp³-hybridized carbons (Fsp3) is 0.333. The van der Waals surface area contributed by atoms with Crippen LogP contribution in [0.1, 0.15) is 6.42 Å². The molecule has 0 bridgehead atoms. The number of H-pyrrole nitrogens is 1. The Hall–Kier alpha value is -0.770. The molecule has 0 aromatic carbocycles. The van der Waals surface area contributed by atoms with E-state index < -0.39 is 0 Å². The van der Waals surface area contributed by atoms with Crippen molar-refractivity contribution in [2.45, 2.75) is 11.6 Å². The van der Waals surface area contributed by atoms with Crippen molar-refractivity contribution in [3.05, 3.63) is 12.4 Å². The number of nitrogens with one attached hydrogen (secondary N) is 1. The van der Waals surface area contributed by atoms with E-state index in [0.29, 0.717) is 6.42 Å². The van der Waals surface area contributed by atoms with E-state index in [-0.39, 0.29) is 0 Å². The van der Waals surface area contributed by atoms with Crippen LogP contribution in [0.5, 0.6) is 0 Å². The Morgan fingerprint density at radius 1 is 1.80 bits per heavy atom. The van der Waals surface area contributed by atoms with Crippen LogP contribution in [0.4, 0.5) is 0 Å². The van der Waals surface area contributed by atoms with Gasteiger partial charge in [0.05, 0.1) is 0 Å². The maximum absolute atomic E-state index is 9.89. The predicted molar refractivity (Wildman–Crippen MR) is 40.0 cm³/mol. The van der Waals surface area contributed by atoms with Gasteiger partial charge < -0.3 is 9.78 Å². The molecule has 54 valence electrons. The van der Waals surface area contributed by atoms with E-state index in [9.17, 15) is 4.79 Å². The molecule has 1 heterocycles. The van der Waals surface area contributed by atoms with Crippen molar-refractivity contribution in [2.24, 2.45) is 0 Å². The predicted octanol–water partition coefficient (Wildman–Crippen LogP) is 1.09. The van der Waals surface area contributed by atoms with E-state index in [2.05, 4.69) is 9.97 Å². The molecule has 0 spiro atoms. The zero-order valence-electron chi connectivity index (χ0n) is 5.41. The van der Waals surface area contributed by atoms with Gasteiger partial charge in [-0.05, 0) is 0 Å². The molecule has 0 radical (unpaired) electrons. The minimum absolute atomic E-state index is 0.589. The Bertz CT molecular complexity index is 186. The van der Waals surface area contributed by atoms with Crippen LogP contribution in [0.15, 0.2) is 17.6 Å². The van der Waals surface area contributed by atoms with Gasteiger partial charge in [0.15, 0.2) is 5.16 Å². The average molecular weight is 156 g/mol. The number of carbonyl (C=O) groups excluding carboxylic acids is 1. The third-order valence-electron chi connectivity index (χ3n) is 0.948. The van der Waals surface area contributed by atoms with E-state index >= 15 is 0 Å². The highest BCUT2D eigenvalue weighted by Gasteiger charge is 1.92. The van der Waals surface area contributed by atoms with Gasteiger partial charge in [0.25, 0.3) is 0 Å². The fourth-order valence-electron chi connectivity index (χ4n) is 0.533. The number of hydrogen-bond acceptors (Lipinski definition) is 3. The van der Waals surface area contributed by atoms with Gasteiger partial charge in [-0.2, -0.15) is 0 Å². The lowest BCUT2D eigenvalue weighted by molar-refractivity contribution is -0.107. The topological polar surface area (TPSA) is 45.8 Å². The Morgan fingerprint density at radius 3 is 3.30 bits per heavy atom. The van der Waals surface area contributed by atoms with Crippen LogP contribution in [-0.4, -0.2) is 22.0 Å². The summed E-state index contributed by atoms with van der Waals surface area (Å²) in [5.41, 5.74) is 0. The van der Waals surface area contributed by atoms with Crippen LogP contribution < -0.4 is 0 Å².